The highest BCUT2D eigenvalue weighted by Gasteiger charge is 2.17. The lowest BCUT2D eigenvalue weighted by atomic mass is 9.98. The molecule has 0 aliphatic rings. The number of nitrogens with zero attached hydrogens (tertiary/aromatic N) is 3. The molecule has 0 N–H and O–H groups in total. The topological polar surface area (TPSA) is 51.8 Å². The van der Waals surface area contributed by atoms with E-state index in [-0.39, 0.29) is 54.8 Å². The fourth-order valence-electron chi connectivity index (χ4n) is 5.87. The van der Waals surface area contributed by atoms with E-state index >= 15 is 0 Å². The monoisotopic (exact) mass is 672 g/mol. The first kappa shape index (κ1) is 17.3. The minimum Gasteiger partial charge on any atom is -0.456 e. The third-order valence-corrected chi connectivity index (χ3v) is 9.34. The molecular weight excluding hydrogens is 631 g/mol. The highest BCUT2D eigenvalue weighted by molar-refractivity contribution is 7.26. The standard InChI is InChI=1S/C45H27N3OS/c1-3-11-28(12-4-1)30-15-9-16-31(25-30)34-18-10-19-38-37-24-22-33(27-41(37)50-42(34)38)45-47-43(29-13-5-2-6-14-29)46-44(48-45)32-21-23-36-35-17-7-8-20-39(35)49-40(36)26-32/h1-27H/i1D,3D,4D,9D,10D,11D,12D,15D,16D,18D,19D,22D,24D,25D,27D. The molecule has 0 aliphatic heterocycles. The van der Waals surface area contributed by atoms with Crippen molar-refractivity contribution in [2.24, 2.45) is 0 Å². The van der Waals surface area contributed by atoms with Crippen LogP contribution < -0.4 is 0 Å². The molecule has 0 spiro atoms. The first-order valence-corrected chi connectivity index (χ1v) is 16.2. The van der Waals surface area contributed by atoms with Crippen LogP contribution in [0.3, 0.4) is 0 Å². The largest absolute Gasteiger partial charge is 0.456 e. The Morgan fingerprint density at radius 3 is 2.06 bits per heavy atom. The molecule has 3 heterocycles. The second kappa shape index (κ2) is 11.6. The summed E-state index contributed by atoms with van der Waals surface area (Å²) in [6.45, 7) is 0. The fourth-order valence-corrected chi connectivity index (χ4v) is 6.99. The fraction of sp³-hybridized carbons (Fsp3) is 0. The van der Waals surface area contributed by atoms with Gasteiger partial charge in [-0.15, -0.1) is 11.3 Å². The molecule has 0 atom stereocenters. The molecule has 0 unspecified atom stereocenters. The van der Waals surface area contributed by atoms with E-state index in [1.165, 1.54) is 0 Å². The molecule has 0 saturated carbocycles. The Labute approximate surface area is 313 Å². The minimum atomic E-state index is -0.801. The summed E-state index contributed by atoms with van der Waals surface area (Å²) in [5.74, 6) is 0.261. The molecule has 4 nitrogen and oxygen atoms in total. The van der Waals surface area contributed by atoms with Gasteiger partial charge in [0.1, 0.15) is 11.2 Å². The average molecular weight is 673 g/mol. The van der Waals surface area contributed by atoms with Crippen molar-refractivity contribution in [3.8, 4) is 56.4 Å². The van der Waals surface area contributed by atoms with Crippen molar-refractivity contribution >= 4 is 53.4 Å². The van der Waals surface area contributed by atoms with Gasteiger partial charge in [0.25, 0.3) is 0 Å². The van der Waals surface area contributed by atoms with E-state index in [1.54, 1.807) is 30.3 Å². The van der Waals surface area contributed by atoms with Crippen molar-refractivity contribution in [3.63, 3.8) is 0 Å². The third-order valence-electron chi connectivity index (χ3n) is 8.21. The molecule has 0 amide bonds. The van der Waals surface area contributed by atoms with Gasteiger partial charge in [-0.25, -0.2) is 15.0 Å². The minimum absolute atomic E-state index is 0.0229. The molecule has 0 aliphatic carbocycles. The summed E-state index contributed by atoms with van der Waals surface area (Å²) in [5, 5.41) is 1.56. The predicted molar refractivity (Wildman–Crippen MR) is 207 cm³/mol. The van der Waals surface area contributed by atoms with Crippen molar-refractivity contribution in [2.45, 2.75) is 0 Å². The molecule has 7 aromatic carbocycles. The van der Waals surface area contributed by atoms with Crippen LogP contribution in [0.4, 0.5) is 0 Å². The summed E-state index contributed by atoms with van der Waals surface area (Å²) in [6, 6.07) is 12.0. The summed E-state index contributed by atoms with van der Waals surface area (Å²) >= 11 is 0.794. The summed E-state index contributed by atoms with van der Waals surface area (Å²) < 4.78 is 139. The zero-order valence-corrected chi connectivity index (χ0v) is 26.4. The van der Waals surface area contributed by atoms with Crippen molar-refractivity contribution < 1.29 is 25.0 Å². The van der Waals surface area contributed by atoms with Gasteiger partial charge in [0.05, 0.1) is 20.6 Å². The highest BCUT2D eigenvalue weighted by atomic mass is 32.1. The number of rotatable bonds is 5. The quantitative estimate of drug-likeness (QED) is 0.183. The molecule has 234 valence electrons. The van der Waals surface area contributed by atoms with E-state index in [1.807, 2.05) is 42.5 Å². The van der Waals surface area contributed by atoms with E-state index < -0.39 is 101 Å². The van der Waals surface area contributed by atoms with Crippen molar-refractivity contribution in [3.05, 3.63) is 163 Å². The second-order valence-electron chi connectivity index (χ2n) is 11.2. The number of hydrogen-bond acceptors (Lipinski definition) is 5. The van der Waals surface area contributed by atoms with Crippen molar-refractivity contribution in [1.82, 2.24) is 15.0 Å². The van der Waals surface area contributed by atoms with E-state index in [0.717, 1.165) is 22.1 Å². The number of hydrogen-bond donors (Lipinski definition) is 0. The first-order valence-electron chi connectivity index (χ1n) is 22.9. The maximum Gasteiger partial charge on any atom is 0.164 e. The predicted octanol–water partition coefficient (Wildman–Crippen LogP) is 12.5. The number of thiophene rings is 1. The Bertz CT molecular complexity index is 3710. The van der Waals surface area contributed by atoms with Crippen LogP contribution in [-0.2, 0) is 0 Å². The molecule has 50 heavy (non-hydrogen) atoms. The average Bonchev–Trinajstić information content (AvgIpc) is 3.90. The lowest BCUT2D eigenvalue weighted by Gasteiger charge is -2.08. The number of furan rings is 1. The zero-order chi connectivity index (χ0) is 46.1. The van der Waals surface area contributed by atoms with Crippen LogP contribution >= 0.6 is 11.3 Å². The van der Waals surface area contributed by atoms with E-state index in [4.69, 9.17) is 34.4 Å². The lowest BCUT2D eigenvalue weighted by molar-refractivity contribution is 0.669. The van der Waals surface area contributed by atoms with Gasteiger partial charge in [-0.3, -0.25) is 0 Å². The van der Waals surface area contributed by atoms with Gasteiger partial charge >= 0.3 is 0 Å². The lowest BCUT2D eigenvalue weighted by Crippen LogP contribution is -2.00. The highest BCUT2D eigenvalue weighted by Crippen LogP contribution is 2.42. The Morgan fingerprint density at radius 2 is 1.18 bits per heavy atom. The number of para-hydroxylation sites is 1. The van der Waals surface area contributed by atoms with Crippen LogP contribution in [0.2, 0.25) is 0 Å². The Kier molecular flexibility index (Phi) is 4.02. The molecule has 5 heteroatoms. The Hall–Kier alpha value is -6.43. The number of fused-ring (bicyclic) bond motifs is 6. The van der Waals surface area contributed by atoms with E-state index in [0.29, 0.717) is 22.3 Å². The summed E-state index contributed by atoms with van der Waals surface area (Å²) in [7, 11) is 0. The van der Waals surface area contributed by atoms with Crippen LogP contribution in [0, 0.1) is 0 Å². The Morgan fingerprint density at radius 1 is 0.460 bits per heavy atom. The van der Waals surface area contributed by atoms with Gasteiger partial charge in [0.15, 0.2) is 17.5 Å². The summed E-state index contributed by atoms with van der Waals surface area (Å²) in [5.41, 5.74) is 0.243. The molecule has 0 bridgehead atoms. The molecule has 10 aromatic rings. The second-order valence-corrected chi connectivity index (χ2v) is 12.3. The van der Waals surface area contributed by atoms with E-state index in [9.17, 15) is 5.48 Å². The normalized spacial score (nSPS) is 15.8. The van der Waals surface area contributed by atoms with Crippen LogP contribution in [0.5, 0.6) is 0 Å². The zero-order valence-electron chi connectivity index (χ0n) is 40.6. The van der Waals surface area contributed by atoms with Gasteiger partial charge in [0.2, 0.25) is 0 Å². The van der Waals surface area contributed by atoms with Gasteiger partial charge in [-0.1, -0.05) is 133 Å². The Balaban J connectivity index is 1.25. The third kappa shape index (κ3) is 4.87. The van der Waals surface area contributed by atoms with Gasteiger partial charge in [-0.05, 0) is 52.5 Å². The molecule has 0 radical (unpaired) electrons. The molecular formula is C45H27N3OS. The van der Waals surface area contributed by atoms with Crippen molar-refractivity contribution in [2.75, 3.05) is 0 Å². The molecule has 0 saturated heterocycles. The molecule has 3 aromatic heterocycles. The van der Waals surface area contributed by atoms with Crippen LogP contribution in [0.25, 0.3) is 98.5 Å². The van der Waals surface area contributed by atoms with Crippen LogP contribution in [0.15, 0.2) is 168 Å². The number of aromatic nitrogens is 3. The molecule has 10 rings (SSSR count). The maximum absolute atomic E-state index is 9.63. The van der Waals surface area contributed by atoms with E-state index in [2.05, 4.69) is 0 Å². The van der Waals surface area contributed by atoms with Gasteiger partial charge in [-0.2, -0.15) is 0 Å². The number of benzene rings is 7. The smallest absolute Gasteiger partial charge is 0.164 e. The van der Waals surface area contributed by atoms with Crippen LogP contribution in [0.1, 0.15) is 20.6 Å². The first-order chi connectivity index (χ1) is 31.0. The van der Waals surface area contributed by atoms with Gasteiger partial charge < -0.3 is 4.42 Å². The van der Waals surface area contributed by atoms with Gasteiger partial charge in [0, 0.05) is 47.6 Å². The summed E-state index contributed by atoms with van der Waals surface area (Å²) in [4.78, 5) is 14.3. The van der Waals surface area contributed by atoms with Crippen LogP contribution in [-0.4, -0.2) is 15.0 Å². The maximum atomic E-state index is 9.63. The molecule has 0 fully saturated rings. The van der Waals surface area contributed by atoms with Crippen molar-refractivity contribution in [1.29, 1.82) is 0 Å². The summed E-state index contributed by atoms with van der Waals surface area (Å²) in [6.07, 6.45) is 0. The SMILES string of the molecule is [2H]c1c([2H])c([2H])c(-c2c([2H])c([2H])c([2H])c(-c3c([2H])c([2H])c([2H])c4c3sc3c([2H])c(-c5nc(-c6ccccc6)nc(-c6ccc7c(c6)oc6ccccc67)n5)c([2H])c([2H])c34)c2[2H])c([2H])c1[2H].